The SMILES string of the molecule is COc1ccc(-c2csc(NC(=O)c3ccccc3I)n2)c(OC)c1. The smallest absolute Gasteiger partial charge is 0.258 e. The van der Waals surface area contributed by atoms with Crippen LogP contribution in [0.1, 0.15) is 10.4 Å². The molecule has 0 bridgehead atoms. The predicted molar refractivity (Wildman–Crippen MR) is 108 cm³/mol. The molecule has 0 aliphatic rings. The molecule has 0 spiro atoms. The third-order valence-corrected chi connectivity index (χ3v) is 5.23. The number of nitrogens with one attached hydrogen (secondary N) is 1. The summed E-state index contributed by atoms with van der Waals surface area (Å²) < 4.78 is 11.5. The highest BCUT2D eigenvalue weighted by Crippen LogP contribution is 2.34. The maximum Gasteiger partial charge on any atom is 0.258 e. The fourth-order valence-corrected chi connectivity index (χ4v) is 3.61. The number of hydrogen-bond donors (Lipinski definition) is 1. The first-order chi connectivity index (χ1) is 12.1. The Morgan fingerprint density at radius 3 is 2.68 bits per heavy atom. The van der Waals surface area contributed by atoms with Gasteiger partial charge in [-0.2, -0.15) is 0 Å². The number of methoxy groups -OCH3 is 2. The molecule has 0 saturated heterocycles. The van der Waals surface area contributed by atoms with E-state index in [4.69, 9.17) is 9.47 Å². The van der Waals surface area contributed by atoms with Gasteiger partial charge in [0.25, 0.3) is 5.91 Å². The molecule has 0 aliphatic carbocycles. The van der Waals surface area contributed by atoms with E-state index in [1.165, 1.54) is 11.3 Å². The number of hydrogen-bond acceptors (Lipinski definition) is 5. The van der Waals surface area contributed by atoms with E-state index in [0.29, 0.717) is 22.2 Å². The second-order valence-corrected chi connectivity index (χ2v) is 7.06. The first-order valence-electron chi connectivity index (χ1n) is 7.36. The summed E-state index contributed by atoms with van der Waals surface area (Å²) in [6.07, 6.45) is 0. The first-order valence-corrected chi connectivity index (χ1v) is 9.32. The number of amides is 1. The summed E-state index contributed by atoms with van der Waals surface area (Å²) in [7, 11) is 3.21. The molecule has 0 saturated carbocycles. The van der Waals surface area contributed by atoms with Crippen molar-refractivity contribution < 1.29 is 14.3 Å². The summed E-state index contributed by atoms with van der Waals surface area (Å²) >= 11 is 3.51. The number of carbonyl (C=O) groups is 1. The van der Waals surface area contributed by atoms with Gasteiger partial charge < -0.3 is 9.47 Å². The Kier molecular flexibility index (Phi) is 5.54. The zero-order valence-electron chi connectivity index (χ0n) is 13.6. The molecule has 7 heteroatoms. The molecule has 1 N–H and O–H groups in total. The number of ether oxygens (including phenoxy) is 2. The lowest BCUT2D eigenvalue weighted by atomic mass is 10.1. The van der Waals surface area contributed by atoms with Gasteiger partial charge >= 0.3 is 0 Å². The lowest BCUT2D eigenvalue weighted by molar-refractivity contribution is 0.102. The van der Waals surface area contributed by atoms with Gasteiger partial charge in [0, 0.05) is 20.6 Å². The summed E-state index contributed by atoms with van der Waals surface area (Å²) in [5.74, 6) is 1.20. The summed E-state index contributed by atoms with van der Waals surface area (Å²) in [4.78, 5) is 16.9. The first kappa shape index (κ1) is 17.7. The summed E-state index contributed by atoms with van der Waals surface area (Å²) in [5, 5.41) is 5.27. The fraction of sp³-hybridized carbons (Fsp3) is 0.111. The molecule has 25 heavy (non-hydrogen) atoms. The van der Waals surface area contributed by atoms with Crippen LogP contribution in [0, 0.1) is 3.57 Å². The third kappa shape index (κ3) is 3.93. The lowest BCUT2D eigenvalue weighted by Gasteiger charge is -2.08. The van der Waals surface area contributed by atoms with Crippen molar-refractivity contribution in [3.8, 4) is 22.8 Å². The Bertz CT molecular complexity index is 911. The molecule has 2 aromatic carbocycles. The molecule has 128 valence electrons. The molecule has 1 heterocycles. The number of anilines is 1. The van der Waals surface area contributed by atoms with Crippen LogP contribution >= 0.6 is 33.9 Å². The lowest BCUT2D eigenvalue weighted by Crippen LogP contribution is -2.13. The Hall–Kier alpha value is -2.13. The summed E-state index contributed by atoms with van der Waals surface area (Å²) in [6, 6.07) is 13.0. The van der Waals surface area contributed by atoms with Crippen molar-refractivity contribution in [1.82, 2.24) is 4.98 Å². The molecule has 1 aromatic heterocycles. The minimum absolute atomic E-state index is 0.174. The molecule has 1 amide bonds. The van der Waals surface area contributed by atoms with Crippen molar-refractivity contribution >= 4 is 45.0 Å². The molecule has 5 nitrogen and oxygen atoms in total. The van der Waals surface area contributed by atoms with Gasteiger partial charge in [0.15, 0.2) is 5.13 Å². The van der Waals surface area contributed by atoms with Crippen LogP contribution in [0.5, 0.6) is 11.5 Å². The maximum absolute atomic E-state index is 12.4. The van der Waals surface area contributed by atoms with Crippen molar-refractivity contribution in [3.05, 3.63) is 57.0 Å². The maximum atomic E-state index is 12.4. The van der Waals surface area contributed by atoms with Crippen LogP contribution in [-0.4, -0.2) is 25.1 Å². The molecular formula is C18H15IN2O3S. The Balaban J connectivity index is 1.84. The molecule has 0 radical (unpaired) electrons. The van der Waals surface area contributed by atoms with E-state index >= 15 is 0 Å². The fourth-order valence-electron chi connectivity index (χ4n) is 2.27. The van der Waals surface area contributed by atoms with Gasteiger partial charge in [-0.1, -0.05) is 12.1 Å². The van der Waals surface area contributed by atoms with Crippen LogP contribution in [0.4, 0.5) is 5.13 Å². The Morgan fingerprint density at radius 2 is 1.96 bits per heavy atom. The molecule has 3 aromatic rings. The Morgan fingerprint density at radius 1 is 1.16 bits per heavy atom. The second-order valence-electron chi connectivity index (χ2n) is 5.04. The van der Waals surface area contributed by atoms with Gasteiger partial charge in [0.1, 0.15) is 11.5 Å². The highest BCUT2D eigenvalue weighted by molar-refractivity contribution is 14.1. The predicted octanol–water partition coefficient (Wildman–Crippen LogP) is 4.68. The van der Waals surface area contributed by atoms with Gasteiger partial charge in [-0.3, -0.25) is 10.1 Å². The summed E-state index contributed by atoms with van der Waals surface area (Å²) in [6.45, 7) is 0. The Labute approximate surface area is 163 Å². The number of benzene rings is 2. The molecule has 0 atom stereocenters. The number of aromatic nitrogens is 1. The van der Waals surface area contributed by atoms with E-state index < -0.39 is 0 Å². The number of carbonyl (C=O) groups excluding carboxylic acids is 1. The van der Waals surface area contributed by atoms with Crippen molar-refractivity contribution in [2.45, 2.75) is 0 Å². The van der Waals surface area contributed by atoms with Crippen molar-refractivity contribution in [2.24, 2.45) is 0 Å². The molecule has 3 rings (SSSR count). The number of thiazole rings is 1. The van der Waals surface area contributed by atoms with Crippen LogP contribution in [0.2, 0.25) is 0 Å². The van der Waals surface area contributed by atoms with E-state index in [-0.39, 0.29) is 5.91 Å². The number of nitrogens with zero attached hydrogens (tertiary/aromatic N) is 1. The molecule has 0 unspecified atom stereocenters. The number of rotatable bonds is 5. The van der Waals surface area contributed by atoms with E-state index in [9.17, 15) is 4.79 Å². The quantitative estimate of drug-likeness (QED) is 0.555. The van der Waals surface area contributed by atoms with Crippen molar-refractivity contribution in [2.75, 3.05) is 19.5 Å². The average molecular weight is 466 g/mol. The minimum atomic E-state index is -0.174. The van der Waals surface area contributed by atoms with Gasteiger partial charge in [-0.25, -0.2) is 4.98 Å². The molecule has 0 aliphatic heterocycles. The molecular weight excluding hydrogens is 451 g/mol. The zero-order valence-corrected chi connectivity index (χ0v) is 16.6. The summed E-state index contributed by atoms with van der Waals surface area (Å²) in [5.41, 5.74) is 2.21. The third-order valence-electron chi connectivity index (χ3n) is 3.53. The molecule has 0 fully saturated rings. The van der Waals surface area contributed by atoms with E-state index in [1.807, 2.05) is 35.7 Å². The van der Waals surface area contributed by atoms with Crippen LogP contribution in [0.15, 0.2) is 47.8 Å². The van der Waals surface area contributed by atoms with Crippen LogP contribution < -0.4 is 14.8 Å². The van der Waals surface area contributed by atoms with Crippen LogP contribution in [0.25, 0.3) is 11.3 Å². The second kappa shape index (κ2) is 7.83. The average Bonchev–Trinajstić information content (AvgIpc) is 3.09. The van der Waals surface area contributed by atoms with Crippen LogP contribution in [-0.2, 0) is 0 Å². The zero-order chi connectivity index (χ0) is 17.8. The van der Waals surface area contributed by atoms with Crippen molar-refractivity contribution in [1.29, 1.82) is 0 Å². The van der Waals surface area contributed by atoms with Gasteiger partial charge in [-0.05, 0) is 46.9 Å². The highest BCUT2D eigenvalue weighted by atomic mass is 127. The minimum Gasteiger partial charge on any atom is -0.497 e. The van der Waals surface area contributed by atoms with E-state index in [1.54, 1.807) is 26.4 Å². The van der Waals surface area contributed by atoms with Gasteiger partial charge in [0.2, 0.25) is 0 Å². The van der Waals surface area contributed by atoms with Gasteiger partial charge in [-0.15, -0.1) is 11.3 Å². The number of halogens is 1. The monoisotopic (exact) mass is 466 g/mol. The highest BCUT2D eigenvalue weighted by Gasteiger charge is 2.14. The standard InChI is InChI=1S/C18H15IN2O3S/c1-23-11-7-8-13(16(9-11)24-2)15-10-25-18(20-15)21-17(22)12-5-3-4-6-14(12)19/h3-10H,1-2H3,(H,20,21,22). The van der Waals surface area contributed by atoms with E-state index in [0.717, 1.165) is 14.8 Å². The van der Waals surface area contributed by atoms with Crippen LogP contribution in [0.3, 0.4) is 0 Å². The van der Waals surface area contributed by atoms with Gasteiger partial charge in [0.05, 0.1) is 25.5 Å². The van der Waals surface area contributed by atoms with Crippen molar-refractivity contribution in [3.63, 3.8) is 0 Å². The van der Waals surface area contributed by atoms with E-state index in [2.05, 4.69) is 32.9 Å². The topological polar surface area (TPSA) is 60.5 Å². The largest absolute Gasteiger partial charge is 0.497 e. The normalized spacial score (nSPS) is 10.4.